The number of allylic oxidation sites excluding steroid dienone is 2. The van der Waals surface area contributed by atoms with E-state index in [-0.39, 0.29) is 11.3 Å². The van der Waals surface area contributed by atoms with E-state index in [1.807, 2.05) is 61.9 Å². The van der Waals surface area contributed by atoms with Gasteiger partial charge in [-0.3, -0.25) is 9.13 Å². The lowest BCUT2D eigenvalue weighted by molar-refractivity contribution is 0.0600. The highest BCUT2D eigenvalue weighted by atomic mass is 16.5. The number of tetrazole rings is 1. The zero-order valence-corrected chi connectivity index (χ0v) is 22.2. The molecule has 0 unspecified atom stereocenters. The van der Waals surface area contributed by atoms with E-state index >= 15 is 0 Å². The number of unbranched alkanes of at least 4 members (excludes halogenated alkanes) is 1. The van der Waals surface area contributed by atoms with E-state index in [0.29, 0.717) is 31.2 Å². The maximum Gasteiger partial charge on any atom is 0.343 e. The van der Waals surface area contributed by atoms with Crippen molar-refractivity contribution in [2.45, 2.75) is 51.6 Å². The van der Waals surface area contributed by atoms with Gasteiger partial charge in [0.05, 0.1) is 18.7 Å². The predicted molar refractivity (Wildman–Crippen MR) is 144 cm³/mol. The van der Waals surface area contributed by atoms with Crippen molar-refractivity contribution in [3.8, 4) is 17.2 Å². The van der Waals surface area contributed by atoms with Crippen LogP contribution in [-0.2, 0) is 29.7 Å². The van der Waals surface area contributed by atoms with Crippen LogP contribution in [-0.4, -0.2) is 52.6 Å². The number of carbonyl (C=O) groups excluding carboxylic acids is 1. The number of H-pyrrole nitrogens is 1. The van der Waals surface area contributed by atoms with Crippen LogP contribution < -0.4 is 11.0 Å². The van der Waals surface area contributed by atoms with Gasteiger partial charge in [0.1, 0.15) is 5.56 Å². The molecule has 0 aliphatic carbocycles. The van der Waals surface area contributed by atoms with Crippen molar-refractivity contribution >= 4 is 5.97 Å². The van der Waals surface area contributed by atoms with Crippen LogP contribution in [0.3, 0.4) is 0 Å². The Hall–Kier alpha value is -4.74. The molecule has 0 saturated heterocycles. The minimum atomic E-state index is -0.637. The summed E-state index contributed by atoms with van der Waals surface area (Å²) in [5.74, 6) is 0.416. The molecular weight excluding hydrogens is 498 g/mol. The molecule has 0 spiro atoms. The van der Waals surface area contributed by atoms with E-state index in [1.54, 1.807) is 9.25 Å². The first-order valence-corrected chi connectivity index (χ1v) is 12.9. The van der Waals surface area contributed by atoms with Crippen LogP contribution in [0.1, 0.15) is 48.3 Å². The predicted octanol–water partition coefficient (Wildman–Crippen LogP) is 2.73. The Morgan fingerprint density at radius 2 is 2.00 bits per heavy atom. The summed E-state index contributed by atoms with van der Waals surface area (Å²) in [6, 6.07) is 7.94. The summed E-state index contributed by atoms with van der Waals surface area (Å²) in [5.41, 5.74) is 2.03. The Morgan fingerprint density at radius 3 is 2.69 bits per heavy atom. The molecule has 0 amide bonds. The van der Waals surface area contributed by atoms with E-state index in [1.165, 1.54) is 17.9 Å². The van der Waals surface area contributed by atoms with Crippen LogP contribution in [0.2, 0.25) is 0 Å². The standard InChI is InChI=1S/C27H31N9O3/c1-4-6-10-21-17-34(24-22(25(37)39-3)16-29-36(24)5-2)26(38)35(21)18-27(11-13-28-14-12-27)20-9-7-8-19(15-20)23-30-32-33-31-23/h7-9,11-17,28H,4-6,10,18H2,1-3H3,(H,30,31,32,33). The summed E-state index contributed by atoms with van der Waals surface area (Å²) in [7, 11) is 1.32. The molecule has 4 heterocycles. The van der Waals surface area contributed by atoms with Gasteiger partial charge in [-0.2, -0.15) is 5.10 Å². The van der Waals surface area contributed by atoms with Gasteiger partial charge in [0.2, 0.25) is 0 Å². The maximum atomic E-state index is 14.1. The number of esters is 1. The first kappa shape index (κ1) is 25.9. The number of imidazole rings is 1. The van der Waals surface area contributed by atoms with Crippen molar-refractivity contribution in [3.63, 3.8) is 0 Å². The molecule has 12 nitrogen and oxygen atoms in total. The smallest absolute Gasteiger partial charge is 0.343 e. The number of methoxy groups -OCH3 is 1. The lowest BCUT2D eigenvalue weighted by Crippen LogP contribution is -2.36. The second-order valence-electron chi connectivity index (χ2n) is 9.36. The summed E-state index contributed by atoms with van der Waals surface area (Å²) in [6.45, 7) is 4.86. The molecule has 0 bridgehead atoms. The van der Waals surface area contributed by atoms with E-state index in [4.69, 9.17) is 4.74 Å². The number of aryl methyl sites for hydroxylation is 2. The number of benzene rings is 1. The van der Waals surface area contributed by atoms with Gasteiger partial charge in [-0.25, -0.2) is 19.4 Å². The Labute approximate surface area is 225 Å². The molecule has 3 aromatic heterocycles. The lowest BCUT2D eigenvalue weighted by atomic mass is 9.78. The highest BCUT2D eigenvalue weighted by molar-refractivity contribution is 5.92. The molecule has 0 fully saturated rings. The Morgan fingerprint density at radius 1 is 1.18 bits per heavy atom. The van der Waals surface area contributed by atoms with Gasteiger partial charge in [0.15, 0.2) is 11.6 Å². The zero-order valence-electron chi connectivity index (χ0n) is 22.2. The molecule has 1 aromatic carbocycles. The van der Waals surface area contributed by atoms with Gasteiger partial charge in [0.25, 0.3) is 0 Å². The van der Waals surface area contributed by atoms with E-state index in [2.05, 4.69) is 38.0 Å². The van der Waals surface area contributed by atoms with Crippen LogP contribution in [0.5, 0.6) is 0 Å². The normalized spacial score (nSPS) is 13.9. The highest BCUT2D eigenvalue weighted by Gasteiger charge is 2.32. The minimum absolute atomic E-state index is 0.241. The van der Waals surface area contributed by atoms with Gasteiger partial charge in [0, 0.05) is 30.5 Å². The summed E-state index contributed by atoms with van der Waals surface area (Å²) in [4.78, 5) is 26.7. The van der Waals surface area contributed by atoms with Gasteiger partial charge in [-0.1, -0.05) is 43.7 Å². The molecule has 202 valence electrons. The second-order valence-corrected chi connectivity index (χ2v) is 9.36. The van der Waals surface area contributed by atoms with Crippen LogP contribution in [0.25, 0.3) is 17.2 Å². The molecule has 0 atom stereocenters. The average Bonchev–Trinajstić information content (AvgIpc) is 3.72. The molecule has 5 rings (SSSR count). The van der Waals surface area contributed by atoms with Crippen molar-refractivity contribution in [3.05, 3.63) is 88.5 Å². The Bertz CT molecular complexity index is 1560. The number of aromatic nitrogens is 8. The number of nitrogens with zero attached hydrogens (tertiary/aromatic N) is 7. The van der Waals surface area contributed by atoms with Crippen molar-refractivity contribution in [2.75, 3.05) is 7.11 Å². The Kier molecular flexibility index (Phi) is 7.26. The van der Waals surface area contributed by atoms with Gasteiger partial charge in [-0.15, -0.1) is 5.10 Å². The van der Waals surface area contributed by atoms with Gasteiger partial charge < -0.3 is 10.1 Å². The summed E-state index contributed by atoms with van der Waals surface area (Å²) >= 11 is 0. The minimum Gasteiger partial charge on any atom is -0.465 e. The Balaban J connectivity index is 1.65. The number of hydrogen-bond acceptors (Lipinski definition) is 8. The monoisotopic (exact) mass is 529 g/mol. The third-order valence-corrected chi connectivity index (χ3v) is 6.99. The number of dihydropyridines is 1. The fourth-order valence-electron chi connectivity index (χ4n) is 4.92. The first-order chi connectivity index (χ1) is 19.0. The van der Waals surface area contributed by atoms with Crippen LogP contribution in [0.15, 0.2) is 66.0 Å². The summed E-state index contributed by atoms with van der Waals surface area (Å²) in [5, 5.41) is 21.7. The number of aromatic amines is 1. The first-order valence-electron chi connectivity index (χ1n) is 12.9. The molecule has 39 heavy (non-hydrogen) atoms. The van der Waals surface area contributed by atoms with E-state index in [0.717, 1.165) is 29.7 Å². The molecule has 1 aliphatic rings. The quantitative estimate of drug-likeness (QED) is 0.299. The fourth-order valence-corrected chi connectivity index (χ4v) is 4.92. The zero-order chi connectivity index (χ0) is 27.4. The maximum absolute atomic E-state index is 14.1. The molecule has 4 aromatic rings. The summed E-state index contributed by atoms with van der Waals surface area (Å²) < 4.78 is 9.93. The molecule has 1 aliphatic heterocycles. The number of carbonyl (C=O) groups is 1. The van der Waals surface area contributed by atoms with Crippen molar-refractivity contribution in [2.24, 2.45) is 0 Å². The number of rotatable bonds is 10. The van der Waals surface area contributed by atoms with Gasteiger partial charge >= 0.3 is 11.7 Å². The number of ether oxygens (including phenoxy) is 1. The second kappa shape index (κ2) is 10.9. The molecule has 0 saturated carbocycles. The van der Waals surface area contributed by atoms with Crippen LogP contribution >= 0.6 is 0 Å². The molecule has 0 radical (unpaired) electrons. The number of hydrogen-bond donors (Lipinski definition) is 2. The lowest BCUT2D eigenvalue weighted by Gasteiger charge is -2.31. The van der Waals surface area contributed by atoms with Crippen molar-refractivity contribution in [1.82, 2.24) is 44.9 Å². The topological polar surface area (TPSA) is 138 Å². The third kappa shape index (κ3) is 4.80. The highest BCUT2D eigenvalue weighted by Crippen LogP contribution is 2.33. The average molecular weight is 530 g/mol. The van der Waals surface area contributed by atoms with Crippen molar-refractivity contribution < 1.29 is 9.53 Å². The van der Waals surface area contributed by atoms with Gasteiger partial charge in [-0.05, 0) is 54.2 Å². The molecule has 12 heteroatoms. The molecule has 2 N–H and O–H groups in total. The van der Waals surface area contributed by atoms with Crippen LogP contribution in [0, 0.1) is 0 Å². The van der Waals surface area contributed by atoms with Crippen LogP contribution in [0.4, 0.5) is 0 Å². The molecular formula is C27H31N9O3. The third-order valence-electron chi connectivity index (χ3n) is 6.99. The van der Waals surface area contributed by atoms with Crippen molar-refractivity contribution in [1.29, 1.82) is 0 Å². The fraction of sp³-hybridized carbons (Fsp3) is 0.333. The van der Waals surface area contributed by atoms with E-state index in [9.17, 15) is 9.59 Å². The van der Waals surface area contributed by atoms with E-state index < -0.39 is 11.4 Å². The number of nitrogens with one attached hydrogen (secondary N) is 2. The largest absolute Gasteiger partial charge is 0.465 e. The SMILES string of the molecule is CCCCc1cn(-c2c(C(=O)OC)cnn2CC)c(=O)n1CC1(c2cccc(-c3nnn[nH]3)c2)C=CNC=C1. The summed E-state index contributed by atoms with van der Waals surface area (Å²) in [6.07, 6.45) is 13.7.